The fourth-order valence-corrected chi connectivity index (χ4v) is 1.97. The average molecular weight is 273 g/mol. The Kier molecular flexibility index (Phi) is 4.38. The van der Waals surface area contributed by atoms with Gasteiger partial charge >= 0.3 is 0 Å². The molecule has 3 nitrogen and oxygen atoms in total. The van der Waals surface area contributed by atoms with E-state index in [-0.39, 0.29) is 0 Å². The molecule has 0 amide bonds. The van der Waals surface area contributed by atoms with Crippen molar-refractivity contribution in [1.82, 2.24) is 4.98 Å². The van der Waals surface area contributed by atoms with Crippen molar-refractivity contribution < 1.29 is 4.74 Å². The standard InChI is InChI=1S/C15H13ClN2O/c1-11-4-5-15(13(7-11)8-16)19-10-12-3-2-6-18-14(12)9-17/h2-7H,8,10H2,1H3. The molecule has 2 aromatic rings. The third-order valence-corrected chi connectivity index (χ3v) is 3.03. The molecule has 19 heavy (non-hydrogen) atoms. The summed E-state index contributed by atoms with van der Waals surface area (Å²) in [5.74, 6) is 1.14. The second-order valence-electron chi connectivity index (χ2n) is 4.16. The lowest BCUT2D eigenvalue weighted by Gasteiger charge is -2.11. The number of hydrogen-bond donors (Lipinski definition) is 0. The van der Waals surface area contributed by atoms with Crippen LogP contribution in [0.15, 0.2) is 36.5 Å². The monoisotopic (exact) mass is 272 g/mol. The van der Waals surface area contributed by atoms with Crippen LogP contribution in [0.2, 0.25) is 0 Å². The van der Waals surface area contributed by atoms with E-state index in [0.717, 1.165) is 22.4 Å². The van der Waals surface area contributed by atoms with E-state index in [0.29, 0.717) is 18.2 Å². The van der Waals surface area contributed by atoms with Gasteiger partial charge < -0.3 is 4.74 Å². The highest BCUT2D eigenvalue weighted by molar-refractivity contribution is 6.17. The Hall–Kier alpha value is -2.05. The second kappa shape index (κ2) is 6.21. The van der Waals surface area contributed by atoms with E-state index in [1.54, 1.807) is 12.3 Å². The molecule has 0 atom stereocenters. The topological polar surface area (TPSA) is 45.9 Å². The van der Waals surface area contributed by atoms with Gasteiger partial charge in [-0.1, -0.05) is 23.8 Å². The van der Waals surface area contributed by atoms with Gasteiger partial charge in [0.25, 0.3) is 0 Å². The predicted octanol–water partition coefficient (Wildman–Crippen LogP) is 3.58. The van der Waals surface area contributed by atoms with Crippen LogP contribution in [0.5, 0.6) is 5.75 Å². The van der Waals surface area contributed by atoms with Gasteiger partial charge in [0.15, 0.2) is 0 Å². The van der Waals surface area contributed by atoms with Crippen molar-refractivity contribution in [2.24, 2.45) is 0 Å². The molecular weight excluding hydrogens is 260 g/mol. The molecule has 0 unspecified atom stereocenters. The zero-order valence-electron chi connectivity index (χ0n) is 10.6. The summed E-state index contributed by atoms with van der Waals surface area (Å²) < 4.78 is 5.74. The van der Waals surface area contributed by atoms with Crippen molar-refractivity contribution in [1.29, 1.82) is 5.26 Å². The van der Waals surface area contributed by atoms with Crippen molar-refractivity contribution in [3.8, 4) is 11.8 Å². The van der Waals surface area contributed by atoms with Crippen LogP contribution >= 0.6 is 11.6 Å². The summed E-state index contributed by atoms with van der Waals surface area (Å²) in [6, 6.07) is 11.5. The Morgan fingerprint density at radius 2 is 2.16 bits per heavy atom. The van der Waals surface area contributed by atoms with Gasteiger partial charge in [-0.2, -0.15) is 5.26 Å². The van der Waals surface area contributed by atoms with Gasteiger partial charge in [-0.15, -0.1) is 11.6 Å². The molecule has 0 radical (unpaired) electrons. The molecule has 2 rings (SSSR count). The molecule has 0 aliphatic heterocycles. The number of benzene rings is 1. The maximum absolute atomic E-state index is 8.96. The number of rotatable bonds is 4. The first-order chi connectivity index (χ1) is 9.24. The molecule has 96 valence electrons. The maximum atomic E-state index is 8.96. The molecule has 0 saturated carbocycles. The lowest BCUT2D eigenvalue weighted by Crippen LogP contribution is -2.01. The van der Waals surface area contributed by atoms with Crippen molar-refractivity contribution in [3.05, 3.63) is 58.9 Å². The quantitative estimate of drug-likeness (QED) is 0.799. The zero-order chi connectivity index (χ0) is 13.7. The first-order valence-corrected chi connectivity index (χ1v) is 6.40. The Morgan fingerprint density at radius 1 is 1.32 bits per heavy atom. The number of nitrogens with zero attached hydrogens (tertiary/aromatic N) is 2. The summed E-state index contributed by atoms with van der Waals surface area (Å²) in [6.07, 6.45) is 1.60. The number of alkyl halides is 1. The van der Waals surface area contributed by atoms with Gasteiger partial charge in [0, 0.05) is 17.3 Å². The Bertz CT molecular complexity index is 620. The second-order valence-corrected chi connectivity index (χ2v) is 4.42. The van der Waals surface area contributed by atoms with E-state index in [1.807, 2.05) is 31.2 Å². The van der Waals surface area contributed by atoms with Crippen molar-refractivity contribution >= 4 is 11.6 Å². The highest BCUT2D eigenvalue weighted by atomic mass is 35.5. The van der Waals surface area contributed by atoms with E-state index in [4.69, 9.17) is 21.6 Å². The predicted molar refractivity (Wildman–Crippen MR) is 74.0 cm³/mol. The Balaban J connectivity index is 2.17. The number of aryl methyl sites for hydroxylation is 1. The van der Waals surface area contributed by atoms with Gasteiger partial charge in [0.1, 0.15) is 24.1 Å². The van der Waals surface area contributed by atoms with E-state index >= 15 is 0 Å². The number of pyridine rings is 1. The van der Waals surface area contributed by atoms with Gasteiger partial charge in [-0.25, -0.2) is 4.98 Å². The fourth-order valence-electron chi connectivity index (χ4n) is 1.76. The third kappa shape index (κ3) is 3.24. The first-order valence-electron chi connectivity index (χ1n) is 5.87. The van der Waals surface area contributed by atoms with Crippen LogP contribution in [0, 0.1) is 18.3 Å². The molecule has 1 aromatic heterocycles. The summed E-state index contributed by atoms with van der Waals surface area (Å²) in [7, 11) is 0. The molecule has 0 aliphatic carbocycles. The molecule has 1 heterocycles. The molecule has 0 N–H and O–H groups in total. The Morgan fingerprint density at radius 3 is 2.89 bits per heavy atom. The first kappa shape index (κ1) is 13.4. The smallest absolute Gasteiger partial charge is 0.147 e. The zero-order valence-corrected chi connectivity index (χ0v) is 11.3. The minimum atomic E-state index is 0.309. The summed E-state index contributed by atoms with van der Waals surface area (Å²) >= 11 is 5.90. The SMILES string of the molecule is Cc1ccc(OCc2cccnc2C#N)c(CCl)c1. The van der Waals surface area contributed by atoms with Crippen LogP contribution in [0.3, 0.4) is 0 Å². The van der Waals surface area contributed by atoms with Crippen molar-refractivity contribution in [3.63, 3.8) is 0 Å². The molecule has 0 spiro atoms. The minimum Gasteiger partial charge on any atom is -0.488 e. The summed E-state index contributed by atoms with van der Waals surface area (Å²) in [5, 5.41) is 8.96. The number of nitriles is 1. The fraction of sp³-hybridized carbons (Fsp3) is 0.200. The van der Waals surface area contributed by atoms with Crippen molar-refractivity contribution in [2.75, 3.05) is 0 Å². The highest BCUT2D eigenvalue weighted by Crippen LogP contribution is 2.23. The molecule has 0 bridgehead atoms. The number of hydrogen-bond acceptors (Lipinski definition) is 3. The van der Waals surface area contributed by atoms with Gasteiger partial charge in [0.2, 0.25) is 0 Å². The summed E-state index contributed by atoms with van der Waals surface area (Å²) in [6.45, 7) is 2.32. The number of aromatic nitrogens is 1. The largest absolute Gasteiger partial charge is 0.488 e. The summed E-state index contributed by atoms with van der Waals surface area (Å²) in [4.78, 5) is 4.00. The Labute approximate surface area is 117 Å². The van der Waals surface area contributed by atoms with E-state index in [1.165, 1.54) is 0 Å². The van der Waals surface area contributed by atoms with Gasteiger partial charge in [0.05, 0.1) is 5.88 Å². The maximum Gasteiger partial charge on any atom is 0.147 e. The highest BCUT2D eigenvalue weighted by Gasteiger charge is 2.06. The van der Waals surface area contributed by atoms with Crippen LogP contribution < -0.4 is 4.74 Å². The van der Waals surface area contributed by atoms with Crippen LogP contribution in [-0.2, 0) is 12.5 Å². The lowest BCUT2D eigenvalue weighted by atomic mass is 10.1. The van der Waals surface area contributed by atoms with Crippen LogP contribution in [0.1, 0.15) is 22.4 Å². The van der Waals surface area contributed by atoms with E-state index < -0.39 is 0 Å². The lowest BCUT2D eigenvalue weighted by molar-refractivity contribution is 0.303. The minimum absolute atomic E-state index is 0.309. The molecular formula is C15H13ClN2O. The van der Waals surface area contributed by atoms with Gasteiger partial charge in [-0.05, 0) is 19.1 Å². The van der Waals surface area contributed by atoms with Crippen molar-refractivity contribution in [2.45, 2.75) is 19.4 Å². The molecule has 0 fully saturated rings. The molecule has 0 aliphatic rings. The third-order valence-electron chi connectivity index (χ3n) is 2.74. The molecule has 0 saturated heterocycles. The normalized spacial score (nSPS) is 9.95. The van der Waals surface area contributed by atoms with E-state index in [2.05, 4.69) is 11.1 Å². The van der Waals surface area contributed by atoms with Gasteiger partial charge in [-0.3, -0.25) is 0 Å². The number of ether oxygens (including phenoxy) is 1. The average Bonchev–Trinajstić information content (AvgIpc) is 2.46. The van der Waals surface area contributed by atoms with Crippen LogP contribution in [0.4, 0.5) is 0 Å². The molecule has 1 aromatic carbocycles. The number of halogens is 1. The van der Waals surface area contributed by atoms with Crippen LogP contribution in [-0.4, -0.2) is 4.98 Å². The summed E-state index contributed by atoms with van der Waals surface area (Å²) in [5.41, 5.74) is 3.25. The van der Waals surface area contributed by atoms with Crippen LogP contribution in [0.25, 0.3) is 0 Å². The van der Waals surface area contributed by atoms with E-state index in [9.17, 15) is 0 Å². The molecule has 4 heteroatoms.